The van der Waals surface area contributed by atoms with Gasteiger partial charge in [0.05, 0.1) is 25.0 Å². The molecule has 0 spiro atoms. The number of nitrogens with zero attached hydrogens (tertiary/aromatic N) is 6. The van der Waals surface area contributed by atoms with Crippen molar-refractivity contribution < 1.29 is 14.3 Å². The number of carbonyl (C=O) groups excluding carboxylic acids is 1. The lowest BCUT2D eigenvalue weighted by Crippen LogP contribution is -2.48. The van der Waals surface area contributed by atoms with Crippen LogP contribution in [0.4, 0.5) is 0 Å². The van der Waals surface area contributed by atoms with E-state index in [9.17, 15) is 10.1 Å². The molecule has 10 nitrogen and oxygen atoms in total. The molecule has 2 saturated heterocycles. The Kier molecular flexibility index (Phi) is 7.00. The van der Waals surface area contributed by atoms with Gasteiger partial charge < -0.3 is 24.3 Å². The van der Waals surface area contributed by atoms with Gasteiger partial charge >= 0.3 is 0 Å². The summed E-state index contributed by atoms with van der Waals surface area (Å²) in [5, 5.41) is 15.2. The lowest BCUT2D eigenvalue weighted by atomic mass is 10.0. The zero-order chi connectivity index (χ0) is 26.8. The molecule has 0 atom stereocenters. The third-order valence-electron chi connectivity index (χ3n) is 7.52. The van der Waals surface area contributed by atoms with E-state index in [1.807, 2.05) is 35.5 Å². The van der Waals surface area contributed by atoms with Gasteiger partial charge in [0.25, 0.3) is 0 Å². The number of aromatic amines is 1. The SMILES string of the molecule is CN1CCN(C(=O)Cn2cc(-c3cnc4[nH]cc(-c5ccc(OC6CCOCC6)c(C#N)c5)c4c3)cn2)CC1. The highest BCUT2D eigenvalue weighted by atomic mass is 16.5. The van der Waals surface area contributed by atoms with Crippen LogP contribution in [0.2, 0.25) is 0 Å². The normalized spacial score (nSPS) is 16.9. The third kappa shape index (κ3) is 5.37. The van der Waals surface area contributed by atoms with Gasteiger partial charge in [0.1, 0.15) is 30.1 Å². The van der Waals surface area contributed by atoms with E-state index < -0.39 is 0 Å². The van der Waals surface area contributed by atoms with Crippen LogP contribution in [-0.2, 0) is 16.1 Å². The van der Waals surface area contributed by atoms with Crippen molar-refractivity contribution in [3.05, 3.63) is 54.6 Å². The predicted octanol–water partition coefficient (Wildman–Crippen LogP) is 3.30. The van der Waals surface area contributed by atoms with Crippen molar-refractivity contribution in [2.24, 2.45) is 0 Å². The summed E-state index contributed by atoms with van der Waals surface area (Å²) in [6, 6.07) is 10.1. The molecular formula is C29H31N7O3. The number of piperazine rings is 1. The van der Waals surface area contributed by atoms with Crippen molar-refractivity contribution >= 4 is 16.9 Å². The topological polar surface area (TPSA) is 112 Å². The summed E-state index contributed by atoms with van der Waals surface area (Å²) in [6.45, 7) is 4.85. The van der Waals surface area contributed by atoms with Crippen LogP contribution < -0.4 is 4.74 Å². The molecule has 1 amide bonds. The average molecular weight is 526 g/mol. The first-order valence-corrected chi connectivity index (χ1v) is 13.3. The molecule has 2 aliphatic heterocycles. The standard InChI is InChI=1S/C29H31N7O3/c1-34-6-8-35(9-7-34)28(37)19-36-18-23(16-33-36)22-13-25-26(17-32-29(25)31-15-22)20-2-3-27(21(12-20)14-30)39-24-4-10-38-11-5-24/h2-3,12-13,15-18,24H,4-11,19H2,1H3,(H,31,32). The number of aromatic nitrogens is 4. The van der Waals surface area contributed by atoms with Gasteiger partial charge in [0, 0.05) is 79.7 Å². The summed E-state index contributed by atoms with van der Waals surface area (Å²) in [5.74, 6) is 0.683. The minimum absolute atomic E-state index is 0.0642. The molecule has 4 aromatic rings. The highest BCUT2D eigenvalue weighted by Crippen LogP contribution is 2.34. The quantitative estimate of drug-likeness (QED) is 0.411. The molecule has 0 unspecified atom stereocenters. The van der Waals surface area contributed by atoms with E-state index in [2.05, 4.69) is 39.1 Å². The number of H-pyrrole nitrogens is 1. The molecule has 10 heteroatoms. The molecule has 39 heavy (non-hydrogen) atoms. The maximum atomic E-state index is 12.7. The largest absolute Gasteiger partial charge is 0.489 e. The number of hydrogen-bond acceptors (Lipinski definition) is 7. The number of nitriles is 1. The monoisotopic (exact) mass is 525 g/mol. The van der Waals surface area contributed by atoms with Crippen molar-refractivity contribution in [2.75, 3.05) is 46.4 Å². The fraction of sp³-hybridized carbons (Fsp3) is 0.379. The summed E-state index contributed by atoms with van der Waals surface area (Å²) < 4.78 is 13.2. The van der Waals surface area contributed by atoms with E-state index in [-0.39, 0.29) is 18.6 Å². The number of benzene rings is 1. The van der Waals surface area contributed by atoms with Crippen LogP contribution in [0, 0.1) is 11.3 Å². The van der Waals surface area contributed by atoms with Gasteiger partial charge in [-0.1, -0.05) is 6.07 Å². The number of amides is 1. The first-order valence-electron chi connectivity index (χ1n) is 13.3. The second-order valence-corrected chi connectivity index (χ2v) is 10.2. The fourth-order valence-electron chi connectivity index (χ4n) is 5.15. The third-order valence-corrected chi connectivity index (χ3v) is 7.52. The van der Waals surface area contributed by atoms with Crippen LogP contribution in [0.25, 0.3) is 33.3 Å². The van der Waals surface area contributed by atoms with E-state index in [1.54, 1.807) is 17.1 Å². The van der Waals surface area contributed by atoms with Crippen molar-refractivity contribution in [3.8, 4) is 34.1 Å². The second-order valence-electron chi connectivity index (χ2n) is 10.2. The Morgan fingerprint density at radius 1 is 1.13 bits per heavy atom. The summed E-state index contributed by atoms with van der Waals surface area (Å²) in [5.41, 5.74) is 4.91. The number of pyridine rings is 1. The zero-order valence-corrected chi connectivity index (χ0v) is 22.0. The lowest BCUT2D eigenvalue weighted by Gasteiger charge is -2.32. The van der Waals surface area contributed by atoms with Crippen molar-refractivity contribution in [1.29, 1.82) is 5.26 Å². The number of carbonyl (C=O) groups is 1. The number of nitrogens with one attached hydrogen (secondary N) is 1. The maximum Gasteiger partial charge on any atom is 0.244 e. The molecule has 0 bridgehead atoms. The van der Waals surface area contributed by atoms with Crippen molar-refractivity contribution in [3.63, 3.8) is 0 Å². The average Bonchev–Trinajstić information content (AvgIpc) is 3.61. The molecule has 5 heterocycles. The van der Waals surface area contributed by atoms with Crippen LogP contribution in [0.5, 0.6) is 5.75 Å². The van der Waals surface area contributed by atoms with Crippen LogP contribution in [0.15, 0.2) is 49.1 Å². The highest BCUT2D eigenvalue weighted by Gasteiger charge is 2.20. The molecule has 0 saturated carbocycles. The molecule has 2 fully saturated rings. The summed E-state index contributed by atoms with van der Waals surface area (Å²) in [4.78, 5) is 24.7. The minimum Gasteiger partial charge on any atom is -0.489 e. The Morgan fingerprint density at radius 2 is 1.95 bits per heavy atom. The molecule has 0 radical (unpaired) electrons. The van der Waals surface area contributed by atoms with E-state index in [4.69, 9.17) is 9.47 Å². The number of likely N-dealkylation sites (N-methyl/N-ethyl adjacent to an activating group) is 1. The molecule has 2 aliphatic rings. The van der Waals surface area contributed by atoms with Crippen molar-refractivity contribution in [1.82, 2.24) is 29.5 Å². The summed E-state index contributed by atoms with van der Waals surface area (Å²) >= 11 is 0. The van der Waals surface area contributed by atoms with Gasteiger partial charge in [-0.25, -0.2) is 4.98 Å². The number of hydrogen-bond donors (Lipinski definition) is 1. The Bertz CT molecular complexity index is 1520. The number of rotatable bonds is 6. The minimum atomic E-state index is 0.0642. The van der Waals surface area contributed by atoms with Crippen molar-refractivity contribution in [2.45, 2.75) is 25.5 Å². The smallest absolute Gasteiger partial charge is 0.244 e. The van der Waals surface area contributed by atoms with Crippen LogP contribution in [0.1, 0.15) is 18.4 Å². The summed E-state index contributed by atoms with van der Waals surface area (Å²) in [6.07, 6.45) is 9.08. The van der Waals surface area contributed by atoms with Gasteiger partial charge in [-0.15, -0.1) is 0 Å². The van der Waals surface area contributed by atoms with Crippen LogP contribution in [0.3, 0.4) is 0 Å². The molecule has 1 aromatic carbocycles. The fourth-order valence-corrected chi connectivity index (χ4v) is 5.15. The Balaban J connectivity index is 1.22. The van der Waals surface area contributed by atoms with Gasteiger partial charge in [0.2, 0.25) is 5.91 Å². The van der Waals surface area contributed by atoms with Gasteiger partial charge in [-0.3, -0.25) is 9.48 Å². The summed E-state index contributed by atoms with van der Waals surface area (Å²) in [7, 11) is 2.07. The van der Waals surface area contributed by atoms with E-state index in [1.165, 1.54) is 0 Å². The molecule has 6 rings (SSSR count). The molecule has 200 valence electrons. The number of ether oxygens (including phenoxy) is 2. The Morgan fingerprint density at radius 3 is 2.74 bits per heavy atom. The Labute approximate surface area is 226 Å². The maximum absolute atomic E-state index is 12.7. The first kappa shape index (κ1) is 25.1. The zero-order valence-electron chi connectivity index (χ0n) is 22.0. The van der Waals surface area contributed by atoms with Crippen LogP contribution >= 0.6 is 0 Å². The molecular weight excluding hydrogens is 494 g/mol. The Hall–Kier alpha value is -4.20. The first-order chi connectivity index (χ1) is 19.1. The van der Waals surface area contributed by atoms with Gasteiger partial charge in [0.15, 0.2) is 0 Å². The lowest BCUT2D eigenvalue weighted by molar-refractivity contribution is -0.133. The molecule has 3 aromatic heterocycles. The van der Waals surface area contributed by atoms with E-state index >= 15 is 0 Å². The molecule has 1 N–H and O–H groups in total. The predicted molar refractivity (Wildman–Crippen MR) is 146 cm³/mol. The van der Waals surface area contributed by atoms with E-state index in [0.29, 0.717) is 24.5 Å². The second kappa shape index (κ2) is 10.9. The van der Waals surface area contributed by atoms with Crippen LogP contribution in [-0.4, -0.2) is 88.0 Å². The van der Waals surface area contributed by atoms with E-state index in [0.717, 1.165) is 72.3 Å². The highest BCUT2D eigenvalue weighted by molar-refractivity contribution is 5.96. The van der Waals surface area contributed by atoms with Gasteiger partial charge in [-0.2, -0.15) is 10.4 Å². The molecule has 0 aliphatic carbocycles. The van der Waals surface area contributed by atoms with Gasteiger partial charge in [-0.05, 0) is 30.8 Å². The number of fused-ring (bicyclic) bond motifs is 1.